The fourth-order valence-electron chi connectivity index (χ4n) is 3.71. The normalized spacial score (nSPS) is 29.4. The van der Waals surface area contributed by atoms with Crippen molar-refractivity contribution in [3.63, 3.8) is 0 Å². The molecule has 0 spiro atoms. The Morgan fingerprint density at radius 1 is 1.30 bits per heavy atom. The summed E-state index contributed by atoms with van der Waals surface area (Å²) in [5.41, 5.74) is 0. The fourth-order valence-corrected chi connectivity index (χ4v) is 3.71. The standard InChI is InChI=1S/C15H23N3O2/c19-14-10-12-4-1-5-13(11-14)18(12)15(20)6-2-8-17-9-3-7-16-17/h3,7,9,12-14,19H,1-2,4-6,8,10-11H2/t12-,13+,14?. The van der Waals surface area contributed by atoms with E-state index >= 15 is 0 Å². The molecule has 1 N–H and O–H groups in total. The molecule has 3 rings (SSSR count). The third kappa shape index (κ3) is 2.87. The van der Waals surface area contributed by atoms with Gasteiger partial charge in [-0.05, 0) is 44.6 Å². The van der Waals surface area contributed by atoms with E-state index < -0.39 is 0 Å². The van der Waals surface area contributed by atoms with Crippen molar-refractivity contribution in [3.05, 3.63) is 18.5 Å². The molecule has 1 amide bonds. The monoisotopic (exact) mass is 277 g/mol. The molecule has 2 fully saturated rings. The summed E-state index contributed by atoms with van der Waals surface area (Å²) >= 11 is 0. The minimum atomic E-state index is -0.210. The first-order valence-electron chi connectivity index (χ1n) is 7.70. The van der Waals surface area contributed by atoms with E-state index in [-0.39, 0.29) is 24.1 Å². The number of rotatable bonds is 4. The SMILES string of the molecule is O=C(CCCn1cccn1)N1[C@@H]2CCC[C@H]1CC(O)C2. The van der Waals surface area contributed by atoms with Crippen molar-refractivity contribution < 1.29 is 9.90 Å². The van der Waals surface area contributed by atoms with Gasteiger partial charge in [0, 0.05) is 37.4 Å². The van der Waals surface area contributed by atoms with Gasteiger partial charge in [0.1, 0.15) is 0 Å². The predicted molar refractivity (Wildman–Crippen MR) is 75.0 cm³/mol. The Kier molecular flexibility index (Phi) is 4.05. The molecular weight excluding hydrogens is 254 g/mol. The first kappa shape index (κ1) is 13.6. The molecule has 2 saturated heterocycles. The van der Waals surface area contributed by atoms with Crippen molar-refractivity contribution in [2.75, 3.05) is 0 Å². The van der Waals surface area contributed by atoms with E-state index in [1.807, 2.05) is 16.9 Å². The summed E-state index contributed by atoms with van der Waals surface area (Å²) in [6.07, 6.45) is 9.73. The number of aliphatic hydroxyl groups is 1. The van der Waals surface area contributed by atoms with Crippen LogP contribution in [-0.4, -0.2) is 43.9 Å². The zero-order valence-corrected chi connectivity index (χ0v) is 11.8. The number of fused-ring (bicyclic) bond motifs is 2. The van der Waals surface area contributed by atoms with Crippen LogP contribution in [-0.2, 0) is 11.3 Å². The number of carbonyl (C=O) groups is 1. The summed E-state index contributed by atoms with van der Waals surface area (Å²) in [6, 6.07) is 2.45. The average molecular weight is 277 g/mol. The number of hydrogen-bond donors (Lipinski definition) is 1. The van der Waals surface area contributed by atoms with Crippen molar-refractivity contribution in [1.29, 1.82) is 0 Å². The highest BCUT2D eigenvalue weighted by molar-refractivity contribution is 5.77. The Hall–Kier alpha value is -1.36. The Labute approximate surface area is 119 Å². The molecule has 3 atom stereocenters. The largest absolute Gasteiger partial charge is 0.393 e. The lowest BCUT2D eigenvalue weighted by Gasteiger charge is -2.48. The van der Waals surface area contributed by atoms with Crippen LogP contribution in [0.5, 0.6) is 0 Å². The van der Waals surface area contributed by atoms with Crippen LogP contribution in [0.25, 0.3) is 0 Å². The minimum Gasteiger partial charge on any atom is -0.393 e. The van der Waals surface area contributed by atoms with Crippen molar-refractivity contribution in [3.8, 4) is 0 Å². The van der Waals surface area contributed by atoms with E-state index in [0.29, 0.717) is 6.42 Å². The van der Waals surface area contributed by atoms with Gasteiger partial charge in [-0.15, -0.1) is 0 Å². The van der Waals surface area contributed by atoms with Crippen LogP contribution in [0, 0.1) is 0 Å². The third-order valence-corrected chi connectivity index (χ3v) is 4.57. The first-order chi connectivity index (χ1) is 9.74. The molecule has 2 aliphatic rings. The van der Waals surface area contributed by atoms with Gasteiger partial charge in [0.05, 0.1) is 6.10 Å². The number of aliphatic hydroxyl groups excluding tert-OH is 1. The van der Waals surface area contributed by atoms with Crippen LogP contribution in [0.1, 0.15) is 44.9 Å². The van der Waals surface area contributed by atoms with E-state index in [2.05, 4.69) is 10.00 Å². The predicted octanol–water partition coefficient (Wildman–Crippen LogP) is 1.57. The summed E-state index contributed by atoms with van der Waals surface area (Å²) < 4.78 is 1.87. The summed E-state index contributed by atoms with van der Waals surface area (Å²) in [4.78, 5) is 14.5. The zero-order chi connectivity index (χ0) is 13.9. The topological polar surface area (TPSA) is 58.4 Å². The molecule has 3 heterocycles. The molecule has 2 bridgehead atoms. The van der Waals surface area contributed by atoms with Crippen molar-refractivity contribution >= 4 is 5.91 Å². The molecule has 5 nitrogen and oxygen atoms in total. The van der Waals surface area contributed by atoms with Crippen LogP contribution < -0.4 is 0 Å². The summed E-state index contributed by atoms with van der Waals surface area (Å²) in [6.45, 7) is 0.796. The summed E-state index contributed by atoms with van der Waals surface area (Å²) in [5.74, 6) is 0.263. The lowest BCUT2D eigenvalue weighted by atomic mass is 9.82. The van der Waals surface area contributed by atoms with Crippen molar-refractivity contribution in [1.82, 2.24) is 14.7 Å². The molecule has 0 aromatic carbocycles. The Morgan fingerprint density at radius 2 is 2.05 bits per heavy atom. The lowest BCUT2D eigenvalue weighted by Crippen LogP contribution is -2.55. The van der Waals surface area contributed by atoms with Gasteiger partial charge < -0.3 is 10.0 Å². The highest BCUT2D eigenvalue weighted by Gasteiger charge is 2.39. The average Bonchev–Trinajstić information content (AvgIpc) is 2.90. The molecule has 5 heteroatoms. The molecular formula is C15H23N3O2. The number of aryl methyl sites for hydroxylation is 1. The van der Waals surface area contributed by atoms with E-state index in [4.69, 9.17) is 0 Å². The molecule has 1 aromatic heterocycles. The summed E-state index contributed by atoms with van der Waals surface area (Å²) in [7, 11) is 0. The summed E-state index contributed by atoms with van der Waals surface area (Å²) in [5, 5.41) is 14.0. The van der Waals surface area contributed by atoms with Crippen LogP contribution >= 0.6 is 0 Å². The van der Waals surface area contributed by atoms with Crippen LogP contribution in [0.2, 0.25) is 0 Å². The molecule has 20 heavy (non-hydrogen) atoms. The van der Waals surface area contributed by atoms with E-state index in [1.165, 1.54) is 6.42 Å². The second-order valence-electron chi connectivity index (χ2n) is 6.04. The number of nitrogens with zero attached hydrogens (tertiary/aromatic N) is 3. The number of amides is 1. The van der Waals surface area contributed by atoms with Gasteiger partial charge >= 0.3 is 0 Å². The number of carbonyl (C=O) groups excluding carboxylic acids is 1. The Morgan fingerprint density at radius 3 is 2.70 bits per heavy atom. The molecule has 1 aromatic rings. The van der Waals surface area contributed by atoms with Gasteiger partial charge in [0.15, 0.2) is 0 Å². The second-order valence-corrected chi connectivity index (χ2v) is 6.04. The van der Waals surface area contributed by atoms with Gasteiger partial charge in [-0.1, -0.05) is 0 Å². The number of aromatic nitrogens is 2. The smallest absolute Gasteiger partial charge is 0.223 e. The maximum Gasteiger partial charge on any atom is 0.223 e. The molecule has 110 valence electrons. The Bertz CT molecular complexity index is 432. The second kappa shape index (κ2) is 5.95. The van der Waals surface area contributed by atoms with Gasteiger partial charge in [0.25, 0.3) is 0 Å². The molecule has 0 saturated carbocycles. The van der Waals surface area contributed by atoms with E-state index in [9.17, 15) is 9.90 Å². The quantitative estimate of drug-likeness (QED) is 0.909. The van der Waals surface area contributed by atoms with Crippen LogP contribution in [0.15, 0.2) is 18.5 Å². The van der Waals surface area contributed by atoms with Gasteiger partial charge in [-0.25, -0.2) is 0 Å². The van der Waals surface area contributed by atoms with Gasteiger partial charge in [-0.2, -0.15) is 5.10 Å². The van der Waals surface area contributed by atoms with Crippen LogP contribution in [0.4, 0.5) is 0 Å². The number of hydrogen-bond acceptors (Lipinski definition) is 3. The molecule has 0 radical (unpaired) electrons. The van der Waals surface area contributed by atoms with E-state index in [1.54, 1.807) is 6.20 Å². The third-order valence-electron chi connectivity index (χ3n) is 4.57. The number of piperidine rings is 2. The maximum absolute atomic E-state index is 12.5. The van der Waals surface area contributed by atoms with Crippen molar-refractivity contribution in [2.45, 2.75) is 69.7 Å². The Balaban J connectivity index is 1.53. The lowest BCUT2D eigenvalue weighted by molar-refractivity contribution is -0.144. The fraction of sp³-hybridized carbons (Fsp3) is 0.733. The van der Waals surface area contributed by atoms with Gasteiger partial charge in [0.2, 0.25) is 5.91 Å². The maximum atomic E-state index is 12.5. The molecule has 2 aliphatic heterocycles. The molecule has 1 unspecified atom stereocenters. The zero-order valence-electron chi connectivity index (χ0n) is 11.8. The first-order valence-corrected chi connectivity index (χ1v) is 7.70. The van der Waals surface area contributed by atoms with Crippen molar-refractivity contribution in [2.24, 2.45) is 0 Å². The highest BCUT2D eigenvalue weighted by atomic mass is 16.3. The van der Waals surface area contributed by atoms with Crippen LogP contribution in [0.3, 0.4) is 0 Å². The highest BCUT2D eigenvalue weighted by Crippen LogP contribution is 2.34. The van der Waals surface area contributed by atoms with E-state index in [0.717, 1.165) is 38.6 Å². The minimum absolute atomic E-state index is 0.210. The molecule has 0 aliphatic carbocycles. The van der Waals surface area contributed by atoms with Gasteiger partial charge in [-0.3, -0.25) is 9.48 Å².